The van der Waals surface area contributed by atoms with Crippen molar-refractivity contribution >= 4 is 72.6 Å². The molecule has 0 saturated carbocycles. The number of rotatable bonds is 13. The first-order valence-corrected chi connectivity index (χ1v) is 25.0. The Morgan fingerprint density at radius 1 is 1.00 bits per heavy atom. The summed E-state index contributed by atoms with van der Waals surface area (Å²) in [5.41, 5.74) is 6.92. The van der Waals surface area contributed by atoms with Crippen LogP contribution in [0.25, 0.3) is 16.6 Å². The number of carbonyl (C=O) groups is 1. The molecule has 0 spiro atoms. The highest BCUT2D eigenvalue weighted by Gasteiger charge is 2.35. The first kappa shape index (κ1) is 45.1. The van der Waals surface area contributed by atoms with E-state index >= 15 is 0 Å². The van der Waals surface area contributed by atoms with Gasteiger partial charge in [-0.15, -0.1) is 0 Å². The second-order valence-corrected chi connectivity index (χ2v) is 21.2. The minimum absolute atomic E-state index is 0.111. The second-order valence-electron chi connectivity index (χ2n) is 19.1. The van der Waals surface area contributed by atoms with Crippen molar-refractivity contribution in [3.8, 4) is 5.88 Å². The molecule has 3 aromatic carbocycles. The molecule has 1 amide bonds. The van der Waals surface area contributed by atoms with Crippen LogP contribution < -0.4 is 24.6 Å². The van der Waals surface area contributed by atoms with E-state index in [4.69, 9.17) is 26.1 Å². The summed E-state index contributed by atoms with van der Waals surface area (Å²) >= 11 is 6.27. The van der Waals surface area contributed by atoms with Gasteiger partial charge in [0.05, 0.1) is 40.3 Å². The standard InChI is InChI=1S/C49H56ClN9O7S/c1-49(2)15-13-34(41(28-49)32-3-5-35(50)6-4-32)29-55-19-21-56(22-20-55)36-8-11-40(43(26-36)58-23-24-65-48-45(58)25-33-14-16-52-46(33)53-48)47(60)54-67(63,64)39-10-12-42(44(27-39)59(61)62)51-17-18-57-30-38-9-7-37(57)31-66-38/h3-6,8,10-12,14,16,25-27,37-38,51H,7,9,13,15,17-24,28-31H2,1-2H3,(H,52,53)(H,54,60). The maximum absolute atomic E-state index is 14.4. The van der Waals surface area contributed by atoms with Crippen molar-refractivity contribution in [1.82, 2.24) is 24.5 Å². The number of aromatic amines is 1. The Labute approximate surface area is 395 Å². The van der Waals surface area contributed by atoms with E-state index in [1.165, 1.54) is 28.8 Å². The van der Waals surface area contributed by atoms with Crippen LogP contribution in [0.3, 0.4) is 0 Å². The number of ether oxygens (including phenoxy) is 2. The van der Waals surface area contributed by atoms with E-state index in [9.17, 15) is 23.3 Å². The normalized spacial score (nSPS) is 21.0. The molecule has 3 N–H and O–H groups in total. The predicted octanol–water partition coefficient (Wildman–Crippen LogP) is 7.83. The highest BCUT2D eigenvalue weighted by atomic mass is 35.5. The Hall–Kier alpha value is -5.72. The smallest absolute Gasteiger partial charge is 0.293 e. The number of benzene rings is 3. The average molecular weight is 951 g/mol. The molecule has 2 aromatic heterocycles. The van der Waals surface area contributed by atoms with Crippen LogP contribution >= 0.6 is 11.6 Å². The summed E-state index contributed by atoms with van der Waals surface area (Å²) in [6, 6.07) is 21.5. The number of piperidine rings is 1. The van der Waals surface area contributed by atoms with Crippen LogP contribution in [-0.4, -0.2) is 123 Å². The summed E-state index contributed by atoms with van der Waals surface area (Å²) in [7, 11) is -4.57. The number of halogens is 1. The van der Waals surface area contributed by atoms with Crippen molar-refractivity contribution in [2.24, 2.45) is 5.41 Å². The number of hydrogen-bond donors (Lipinski definition) is 3. The fourth-order valence-corrected chi connectivity index (χ4v) is 11.5. The fourth-order valence-electron chi connectivity index (χ4n) is 10.3. The zero-order chi connectivity index (χ0) is 46.5. The number of H-pyrrole nitrogens is 1. The number of anilines is 4. The SMILES string of the molecule is CC1(C)CCC(CN2CCN(c3ccc(C(=O)NS(=O)(=O)c4ccc(NCCN5CC6CCC5CO6)c([N+](=O)[O-])c4)c(N4CCOc5nc6[nH]ccc6cc54)c3)CC2)=C(c2ccc(Cl)cc2)C1. The van der Waals surface area contributed by atoms with Crippen LogP contribution in [0, 0.1) is 15.5 Å². The summed E-state index contributed by atoms with van der Waals surface area (Å²) < 4.78 is 42.0. The molecule has 11 rings (SSSR count). The number of nitrogens with zero attached hydrogens (tertiary/aromatic N) is 6. The minimum atomic E-state index is -4.57. The molecule has 7 heterocycles. The highest BCUT2D eigenvalue weighted by molar-refractivity contribution is 7.90. The molecule has 16 nitrogen and oxygen atoms in total. The third-order valence-electron chi connectivity index (χ3n) is 14.1. The molecule has 5 aliphatic heterocycles. The molecule has 1 aliphatic carbocycles. The fraction of sp³-hybridized carbons (Fsp3) is 0.429. The number of hydrogen-bond acceptors (Lipinski definition) is 13. The summed E-state index contributed by atoms with van der Waals surface area (Å²) in [5.74, 6) is -0.490. The lowest BCUT2D eigenvalue weighted by atomic mass is 9.72. The van der Waals surface area contributed by atoms with Gasteiger partial charge in [0.2, 0.25) is 5.88 Å². The van der Waals surface area contributed by atoms with Crippen LogP contribution in [0.5, 0.6) is 5.88 Å². The van der Waals surface area contributed by atoms with Gasteiger partial charge in [-0.05, 0) is 103 Å². The molecule has 0 radical (unpaired) electrons. The molecule has 352 valence electrons. The average Bonchev–Trinajstić information content (AvgIpc) is 3.79. The number of carbonyl (C=O) groups excluding carboxylic acids is 1. The number of nitrogens with one attached hydrogen (secondary N) is 3. The van der Waals surface area contributed by atoms with E-state index in [0.717, 1.165) is 93.5 Å². The van der Waals surface area contributed by atoms with Crippen molar-refractivity contribution in [1.29, 1.82) is 0 Å². The van der Waals surface area contributed by atoms with Crippen LogP contribution in [0.4, 0.5) is 28.4 Å². The van der Waals surface area contributed by atoms with E-state index in [2.05, 4.69) is 55.7 Å². The maximum Gasteiger partial charge on any atom is 0.293 e. The van der Waals surface area contributed by atoms with Crippen molar-refractivity contribution in [3.63, 3.8) is 0 Å². The van der Waals surface area contributed by atoms with E-state index in [1.54, 1.807) is 12.3 Å². The number of pyridine rings is 1. The Morgan fingerprint density at radius 2 is 1.82 bits per heavy atom. The lowest BCUT2D eigenvalue weighted by Crippen LogP contribution is -2.55. The minimum Gasteiger partial charge on any atom is -0.474 e. The molecule has 18 heteroatoms. The van der Waals surface area contributed by atoms with Crippen molar-refractivity contribution in [3.05, 3.63) is 111 Å². The molecule has 5 aromatic rings. The van der Waals surface area contributed by atoms with Gasteiger partial charge in [-0.25, -0.2) is 13.1 Å². The van der Waals surface area contributed by atoms with Crippen molar-refractivity contribution in [2.45, 2.75) is 63.0 Å². The number of aromatic nitrogens is 2. The van der Waals surface area contributed by atoms with E-state index in [0.29, 0.717) is 55.2 Å². The molecule has 4 fully saturated rings. The van der Waals surface area contributed by atoms with Gasteiger partial charge in [-0.1, -0.05) is 43.2 Å². The number of nitro groups is 1. The molecule has 2 bridgehead atoms. The zero-order valence-corrected chi connectivity index (χ0v) is 39.4. The Kier molecular flexibility index (Phi) is 12.4. The van der Waals surface area contributed by atoms with Gasteiger partial charge in [0.15, 0.2) is 0 Å². The lowest BCUT2D eigenvalue weighted by molar-refractivity contribution is -0.384. The van der Waals surface area contributed by atoms with Crippen LogP contribution in [-0.2, 0) is 14.8 Å². The van der Waals surface area contributed by atoms with Gasteiger partial charge >= 0.3 is 0 Å². The third kappa shape index (κ3) is 9.57. The van der Waals surface area contributed by atoms with Crippen LogP contribution in [0.15, 0.2) is 89.5 Å². The monoisotopic (exact) mass is 949 g/mol. The first-order valence-electron chi connectivity index (χ1n) is 23.2. The molecular weight excluding hydrogens is 894 g/mol. The number of piperazine rings is 1. The highest BCUT2D eigenvalue weighted by Crippen LogP contribution is 2.44. The summed E-state index contributed by atoms with van der Waals surface area (Å²) in [4.78, 5) is 42.5. The molecule has 2 atom stereocenters. The number of allylic oxidation sites excluding steroid dienone is 1. The van der Waals surface area contributed by atoms with Gasteiger partial charge < -0.3 is 29.6 Å². The topological polar surface area (TPSA) is 179 Å². The molecule has 6 aliphatic rings. The summed E-state index contributed by atoms with van der Waals surface area (Å²) in [5, 5.41) is 17.0. The van der Waals surface area contributed by atoms with E-state index in [1.807, 2.05) is 41.3 Å². The second kappa shape index (κ2) is 18.4. The van der Waals surface area contributed by atoms with Crippen molar-refractivity contribution < 1.29 is 27.6 Å². The molecule has 67 heavy (non-hydrogen) atoms. The first-order chi connectivity index (χ1) is 32.3. The quantitative estimate of drug-likeness (QED) is 0.0769. The lowest BCUT2D eigenvalue weighted by Gasteiger charge is -2.45. The van der Waals surface area contributed by atoms with Gasteiger partial charge in [-0.3, -0.25) is 24.7 Å². The third-order valence-corrected chi connectivity index (χ3v) is 15.7. The number of nitro benzene ring substituents is 1. The Balaban J connectivity index is 0.889. The molecule has 2 unspecified atom stereocenters. The number of fused-ring (bicyclic) bond motifs is 5. The number of amides is 1. The van der Waals surface area contributed by atoms with E-state index < -0.39 is 31.4 Å². The predicted molar refractivity (Wildman–Crippen MR) is 260 cm³/mol. The van der Waals surface area contributed by atoms with E-state index in [-0.39, 0.29) is 29.4 Å². The maximum atomic E-state index is 14.4. The van der Waals surface area contributed by atoms with Crippen molar-refractivity contribution in [2.75, 3.05) is 87.2 Å². The van der Waals surface area contributed by atoms with Crippen LogP contribution in [0.2, 0.25) is 5.02 Å². The Bertz CT molecular complexity index is 2840. The summed E-state index contributed by atoms with van der Waals surface area (Å²) in [6.07, 6.45) is 7.32. The van der Waals surface area contributed by atoms with Gasteiger partial charge in [0.1, 0.15) is 23.6 Å². The van der Waals surface area contributed by atoms with Gasteiger partial charge in [0.25, 0.3) is 21.6 Å². The van der Waals surface area contributed by atoms with Gasteiger partial charge in [-0.2, -0.15) is 4.98 Å². The summed E-state index contributed by atoms with van der Waals surface area (Å²) in [6.45, 7) is 12.0. The number of sulfonamides is 1. The van der Waals surface area contributed by atoms with Gasteiger partial charge in [0, 0.05) is 86.8 Å². The largest absolute Gasteiger partial charge is 0.474 e. The zero-order valence-electron chi connectivity index (χ0n) is 37.8. The Morgan fingerprint density at radius 3 is 2.57 bits per heavy atom. The molecule has 4 saturated heterocycles. The van der Waals surface area contributed by atoms with Crippen LogP contribution in [0.1, 0.15) is 61.9 Å². The number of morpholine rings is 1. The molecular formula is C49H56ClN9O7S.